The number of likely N-dealkylation sites (N-methyl/N-ethyl adjacent to an activating group) is 1. The molecule has 1 aromatic rings. The normalized spacial score (nSPS) is 19.7. The highest BCUT2D eigenvalue weighted by Gasteiger charge is 2.22. The Morgan fingerprint density at radius 2 is 2.21 bits per heavy atom. The van der Waals surface area contributed by atoms with Gasteiger partial charge in [-0.1, -0.05) is 0 Å². The molecule has 0 saturated carbocycles. The first kappa shape index (κ1) is 13.7. The van der Waals surface area contributed by atoms with Crippen LogP contribution >= 0.6 is 0 Å². The minimum Gasteiger partial charge on any atom is -0.478 e. The van der Waals surface area contributed by atoms with E-state index in [2.05, 4.69) is 23.9 Å². The van der Waals surface area contributed by atoms with Crippen LogP contribution in [0.2, 0.25) is 0 Å². The van der Waals surface area contributed by atoms with Crippen molar-refractivity contribution in [3.05, 3.63) is 23.8 Å². The summed E-state index contributed by atoms with van der Waals surface area (Å²) in [4.78, 5) is 15.5. The average molecular weight is 263 g/mol. The molecule has 1 unspecified atom stereocenters. The molecular formula is C14H21N3O2. The number of carboxylic acid groups (broad SMARTS) is 1. The Morgan fingerprint density at radius 1 is 1.47 bits per heavy atom. The maximum atomic E-state index is 11.0. The van der Waals surface area contributed by atoms with Crippen LogP contribution in [0.25, 0.3) is 0 Å². The number of piperidine rings is 1. The van der Waals surface area contributed by atoms with Crippen molar-refractivity contribution in [2.45, 2.75) is 18.9 Å². The summed E-state index contributed by atoms with van der Waals surface area (Å²) in [6, 6.07) is 5.74. The van der Waals surface area contributed by atoms with Gasteiger partial charge < -0.3 is 20.6 Å². The number of hydrogen-bond donors (Lipinski definition) is 2. The molecular weight excluding hydrogens is 242 g/mol. The van der Waals surface area contributed by atoms with Gasteiger partial charge in [0.1, 0.15) is 0 Å². The molecule has 1 aliphatic rings. The first-order valence-corrected chi connectivity index (χ1v) is 6.53. The van der Waals surface area contributed by atoms with E-state index in [9.17, 15) is 4.79 Å². The van der Waals surface area contributed by atoms with E-state index < -0.39 is 5.97 Å². The third-order valence-electron chi connectivity index (χ3n) is 3.76. The number of carboxylic acids is 1. The maximum absolute atomic E-state index is 11.0. The number of benzene rings is 1. The third kappa shape index (κ3) is 2.98. The largest absolute Gasteiger partial charge is 0.478 e. The Morgan fingerprint density at radius 3 is 2.79 bits per heavy atom. The highest BCUT2D eigenvalue weighted by atomic mass is 16.4. The van der Waals surface area contributed by atoms with Crippen LogP contribution in [0.5, 0.6) is 0 Å². The van der Waals surface area contributed by atoms with Crippen LogP contribution in [0, 0.1) is 0 Å². The molecule has 1 fully saturated rings. The molecule has 1 heterocycles. The molecule has 1 atom stereocenters. The fourth-order valence-electron chi connectivity index (χ4n) is 2.55. The van der Waals surface area contributed by atoms with Gasteiger partial charge in [-0.3, -0.25) is 0 Å². The molecule has 1 saturated heterocycles. The lowest BCUT2D eigenvalue weighted by Crippen LogP contribution is -2.45. The Labute approximate surface area is 113 Å². The number of nitrogens with two attached hydrogens (primary N) is 1. The molecule has 0 spiro atoms. The van der Waals surface area contributed by atoms with E-state index in [4.69, 9.17) is 10.8 Å². The van der Waals surface area contributed by atoms with Gasteiger partial charge in [-0.25, -0.2) is 4.79 Å². The van der Waals surface area contributed by atoms with Gasteiger partial charge in [0.15, 0.2) is 0 Å². The summed E-state index contributed by atoms with van der Waals surface area (Å²) < 4.78 is 0. The van der Waals surface area contributed by atoms with E-state index in [1.807, 2.05) is 6.07 Å². The molecule has 5 nitrogen and oxygen atoms in total. The van der Waals surface area contributed by atoms with Crippen LogP contribution in [0.3, 0.4) is 0 Å². The number of aromatic carboxylic acids is 1. The lowest BCUT2D eigenvalue weighted by Gasteiger charge is -2.37. The van der Waals surface area contributed by atoms with Gasteiger partial charge in [-0.05, 0) is 45.1 Å². The fourth-order valence-corrected chi connectivity index (χ4v) is 2.55. The third-order valence-corrected chi connectivity index (χ3v) is 3.76. The van der Waals surface area contributed by atoms with Crippen molar-refractivity contribution in [2.75, 3.05) is 37.8 Å². The molecule has 1 aliphatic heterocycles. The second-order valence-electron chi connectivity index (χ2n) is 5.28. The smallest absolute Gasteiger partial charge is 0.337 e. The molecule has 104 valence electrons. The second-order valence-corrected chi connectivity index (χ2v) is 5.28. The Kier molecular flexibility index (Phi) is 3.95. The van der Waals surface area contributed by atoms with Crippen molar-refractivity contribution >= 4 is 17.3 Å². The van der Waals surface area contributed by atoms with Crippen LogP contribution in [0.15, 0.2) is 18.2 Å². The first-order chi connectivity index (χ1) is 8.99. The molecule has 0 radical (unpaired) electrons. The summed E-state index contributed by atoms with van der Waals surface area (Å²) >= 11 is 0. The zero-order valence-electron chi connectivity index (χ0n) is 11.5. The van der Waals surface area contributed by atoms with Crippen molar-refractivity contribution in [3.8, 4) is 0 Å². The monoisotopic (exact) mass is 263 g/mol. The van der Waals surface area contributed by atoms with E-state index in [1.54, 1.807) is 12.1 Å². The minimum atomic E-state index is -0.978. The standard InChI is InChI=1S/C14H21N3O2/c1-16(2)11-4-3-7-17(9-11)10-5-6-12(14(18)19)13(15)8-10/h5-6,8,11H,3-4,7,9,15H2,1-2H3,(H,18,19). The van der Waals surface area contributed by atoms with Crippen molar-refractivity contribution in [1.29, 1.82) is 0 Å². The summed E-state index contributed by atoms with van der Waals surface area (Å²) in [6.07, 6.45) is 2.34. The van der Waals surface area contributed by atoms with Crippen LogP contribution in [0.4, 0.5) is 11.4 Å². The number of carbonyl (C=O) groups is 1. The van der Waals surface area contributed by atoms with E-state index >= 15 is 0 Å². The number of anilines is 2. The predicted octanol–water partition coefficient (Wildman–Crippen LogP) is 1.50. The van der Waals surface area contributed by atoms with Crippen LogP contribution < -0.4 is 10.6 Å². The molecule has 1 aromatic carbocycles. The molecule has 0 aromatic heterocycles. The summed E-state index contributed by atoms with van der Waals surface area (Å²) in [5.41, 5.74) is 7.32. The van der Waals surface area contributed by atoms with Crippen molar-refractivity contribution in [2.24, 2.45) is 0 Å². The van der Waals surface area contributed by atoms with Crippen molar-refractivity contribution in [3.63, 3.8) is 0 Å². The Balaban J connectivity index is 2.18. The SMILES string of the molecule is CN(C)C1CCCN(c2ccc(C(=O)O)c(N)c2)C1. The van der Waals surface area contributed by atoms with E-state index in [0.29, 0.717) is 11.7 Å². The van der Waals surface area contributed by atoms with Crippen LogP contribution in [-0.4, -0.2) is 49.2 Å². The Hall–Kier alpha value is -1.75. The predicted molar refractivity (Wildman–Crippen MR) is 76.7 cm³/mol. The van der Waals surface area contributed by atoms with Gasteiger partial charge in [0.25, 0.3) is 0 Å². The number of hydrogen-bond acceptors (Lipinski definition) is 4. The minimum absolute atomic E-state index is 0.171. The van der Waals surface area contributed by atoms with E-state index in [-0.39, 0.29) is 5.56 Å². The second kappa shape index (κ2) is 5.48. The average Bonchev–Trinajstić information content (AvgIpc) is 2.38. The van der Waals surface area contributed by atoms with Gasteiger partial charge in [-0.15, -0.1) is 0 Å². The molecule has 0 aliphatic carbocycles. The van der Waals surface area contributed by atoms with Crippen molar-refractivity contribution in [1.82, 2.24) is 4.90 Å². The van der Waals surface area contributed by atoms with Gasteiger partial charge in [-0.2, -0.15) is 0 Å². The lowest BCUT2D eigenvalue weighted by molar-refractivity contribution is 0.0698. The zero-order chi connectivity index (χ0) is 14.0. The molecule has 0 amide bonds. The van der Waals surface area contributed by atoms with Gasteiger partial charge in [0, 0.05) is 30.5 Å². The van der Waals surface area contributed by atoms with Crippen molar-refractivity contribution < 1.29 is 9.90 Å². The molecule has 2 rings (SSSR count). The van der Waals surface area contributed by atoms with Gasteiger partial charge in [0.2, 0.25) is 0 Å². The van der Waals surface area contributed by atoms with Gasteiger partial charge >= 0.3 is 5.97 Å². The lowest BCUT2D eigenvalue weighted by atomic mass is 10.0. The van der Waals surface area contributed by atoms with E-state index in [0.717, 1.165) is 25.2 Å². The summed E-state index contributed by atoms with van der Waals surface area (Å²) in [5.74, 6) is -0.978. The summed E-state index contributed by atoms with van der Waals surface area (Å²) in [5, 5.41) is 8.98. The molecule has 0 bridgehead atoms. The highest BCUT2D eigenvalue weighted by molar-refractivity contribution is 5.94. The summed E-state index contributed by atoms with van der Waals surface area (Å²) in [6.45, 7) is 1.95. The topological polar surface area (TPSA) is 69.8 Å². The molecule has 5 heteroatoms. The Bertz CT molecular complexity index is 474. The van der Waals surface area contributed by atoms with Crippen LogP contribution in [0.1, 0.15) is 23.2 Å². The zero-order valence-corrected chi connectivity index (χ0v) is 11.5. The number of rotatable bonds is 3. The number of nitrogen functional groups attached to an aromatic ring is 1. The molecule has 19 heavy (non-hydrogen) atoms. The number of nitrogens with zero attached hydrogens (tertiary/aromatic N) is 2. The fraction of sp³-hybridized carbons (Fsp3) is 0.500. The molecule has 3 N–H and O–H groups in total. The van der Waals surface area contributed by atoms with Crippen LogP contribution in [-0.2, 0) is 0 Å². The van der Waals surface area contributed by atoms with E-state index in [1.165, 1.54) is 6.42 Å². The first-order valence-electron chi connectivity index (χ1n) is 6.53. The summed E-state index contributed by atoms with van der Waals surface area (Å²) in [7, 11) is 4.19. The quantitative estimate of drug-likeness (QED) is 0.809. The highest BCUT2D eigenvalue weighted by Crippen LogP contribution is 2.25. The maximum Gasteiger partial charge on any atom is 0.337 e. The van der Waals surface area contributed by atoms with Gasteiger partial charge in [0.05, 0.1) is 5.56 Å².